The van der Waals surface area contributed by atoms with Crippen LogP contribution in [0.2, 0.25) is 0 Å². The summed E-state index contributed by atoms with van der Waals surface area (Å²) in [6.07, 6.45) is 9.54. The highest BCUT2D eigenvalue weighted by molar-refractivity contribution is 5.96. The van der Waals surface area contributed by atoms with Gasteiger partial charge in [0.05, 0.1) is 19.6 Å². The van der Waals surface area contributed by atoms with Crippen LogP contribution in [0.3, 0.4) is 0 Å². The molecule has 1 heterocycles. The van der Waals surface area contributed by atoms with Gasteiger partial charge in [-0.3, -0.25) is 14.3 Å². The van der Waals surface area contributed by atoms with Crippen molar-refractivity contribution in [2.24, 2.45) is 24.8 Å². The van der Waals surface area contributed by atoms with E-state index in [2.05, 4.69) is 23.3 Å². The molecule has 2 aliphatic carbocycles. The number of aryl methyl sites for hydroxylation is 1. The van der Waals surface area contributed by atoms with Crippen molar-refractivity contribution in [1.82, 2.24) is 9.78 Å². The minimum absolute atomic E-state index is 0.0292. The number of benzene rings is 3. The van der Waals surface area contributed by atoms with E-state index < -0.39 is 6.52 Å². The topological polar surface area (TPSA) is 55.2 Å². The largest absolute Gasteiger partial charge is 0.308 e. The summed E-state index contributed by atoms with van der Waals surface area (Å²) in [5.74, 6) is 1.04. The summed E-state index contributed by atoms with van der Waals surface area (Å²) in [7, 11) is 1.93. The molecule has 4 atom stereocenters. The molecule has 192 valence electrons. The molecular formula is C33H33N3O2. The number of carbonyl (C=O) groups is 2. The number of hydrogen-bond acceptors (Lipinski definition) is 3. The summed E-state index contributed by atoms with van der Waals surface area (Å²) in [6, 6.07) is 21.9. The normalized spacial score (nSPS) is 21.6. The monoisotopic (exact) mass is 504 g/mol. The van der Waals surface area contributed by atoms with Crippen LogP contribution in [-0.4, -0.2) is 21.5 Å². The Morgan fingerprint density at radius 2 is 1.87 bits per heavy atom. The maximum absolute atomic E-state index is 14.1. The van der Waals surface area contributed by atoms with Crippen LogP contribution < -0.4 is 4.90 Å². The summed E-state index contributed by atoms with van der Waals surface area (Å²) in [5, 5.41) is 5.42. The Morgan fingerprint density at radius 1 is 1.05 bits per heavy atom. The number of allylic oxidation sites excluding steroid dienone is 1. The second-order valence-electron chi connectivity index (χ2n) is 10.8. The Morgan fingerprint density at radius 3 is 2.61 bits per heavy atom. The highest BCUT2D eigenvalue weighted by Crippen LogP contribution is 2.49. The van der Waals surface area contributed by atoms with E-state index >= 15 is 0 Å². The smallest absolute Gasteiger partial charge is 0.230 e. The highest BCUT2D eigenvalue weighted by atomic mass is 16.2. The SMILES string of the molecule is [2H]C(c1ccc(-c2ccc3c(cnn3C)c2)cc1)N(C(=O)[C@@H]1C[C@@H]2CC[C@H]1C2)c1cccc(/C=C/C(C)=O)c1. The molecule has 0 radical (unpaired) electrons. The van der Waals surface area contributed by atoms with Crippen LogP contribution in [0.5, 0.6) is 0 Å². The van der Waals surface area contributed by atoms with E-state index in [9.17, 15) is 11.0 Å². The van der Waals surface area contributed by atoms with E-state index in [0.717, 1.165) is 52.4 Å². The average molecular weight is 505 g/mol. The van der Waals surface area contributed by atoms with Crippen LogP contribution >= 0.6 is 0 Å². The van der Waals surface area contributed by atoms with Gasteiger partial charge in [0.2, 0.25) is 5.91 Å². The van der Waals surface area contributed by atoms with E-state index in [1.807, 2.05) is 66.5 Å². The van der Waals surface area contributed by atoms with Crippen molar-refractivity contribution in [1.29, 1.82) is 0 Å². The lowest BCUT2D eigenvalue weighted by Crippen LogP contribution is -2.38. The van der Waals surface area contributed by atoms with Crippen molar-refractivity contribution in [3.8, 4) is 11.1 Å². The lowest BCUT2D eigenvalue weighted by Gasteiger charge is -2.30. The van der Waals surface area contributed by atoms with Crippen molar-refractivity contribution >= 4 is 34.4 Å². The molecule has 2 saturated carbocycles. The predicted octanol–water partition coefficient (Wildman–Crippen LogP) is 6.81. The summed E-state index contributed by atoms with van der Waals surface area (Å²) in [4.78, 5) is 27.2. The first kappa shape index (κ1) is 23.2. The fourth-order valence-electron chi connectivity index (χ4n) is 6.24. The minimum atomic E-state index is -0.876. The van der Waals surface area contributed by atoms with Crippen molar-refractivity contribution in [2.45, 2.75) is 39.1 Å². The molecule has 38 heavy (non-hydrogen) atoms. The zero-order chi connectivity index (χ0) is 27.1. The van der Waals surface area contributed by atoms with E-state index in [-0.39, 0.29) is 17.6 Å². The number of ketones is 1. The lowest BCUT2D eigenvalue weighted by atomic mass is 9.87. The van der Waals surface area contributed by atoms with Crippen molar-refractivity contribution in [3.63, 3.8) is 0 Å². The molecule has 2 fully saturated rings. The molecule has 0 aliphatic heterocycles. The van der Waals surface area contributed by atoms with Gasteiger partial charge in [-0.2, -0.15) is 5.10 Å². The van der Waals surface area contributed by atoms with Gasteiger partial charge in [-0.1, -0.05) is 55.0 Å². The highest BCUT2D eigenvalue weighted by Gasteiger charge is 2.44. The number of carbonyl (C=O) groups excluding carboxylic acids is 2. The molecule has 0 spiro atoms. The first-order chi connectivity index (χ1) is 18.9. The molecule has 3 aromatic carbocycles. The molecule has 1 amide bonds. The number of aromatic nitrogens is 2. The second-order valence-corrected chi connectivity index (χ2v) is 10.8. The molecule has 5 nitrogen and oxygen atoms in total. The van der Waals surface area contributed by atoms with E-state index in [4.69, 9.17) is 0 Å². The number of rotatable bonds is 7. The Bertz CT molecular complexity index is 1570. The number of fused-ring (bicyclic) bond motifs is 3. The van der Waals surface area contributed by atoms with E-state index in [0.29, 0.717) is 17.5 Å². The molecule has 2 bridgehead atoms. The number of amides is 1. The van der Waals surface area contributed by atoms with Crippen LogP contribution in [0.15, 0.2) is 79.0 Å². The van der Waals surface area contributed by atoms with Gasteiger partial charge in [-0.05, 0) is 90.6 Å². The number of hydrogen-bond donors (Lipinski definition) is 0. The van der Waals surface area contributed by atoms with Gasteiger partial charge in [0.25, 0.3) is 0 Å². The average Bonchev–Trinajstić information content (AvgIpc) is 3.68. The van der Waals surface area contributed by atoms with Gasteiger partial charge in [-0.15, -0.1) is 0 Å². The van der Waals surface area contributed by atoms with Crippen LogP contribution in [0.1, 0.15) is 45.1 Å². The quantitative estimate of drug-likeness (QED) is 0.260. The van der Waals surface area contributed by atoms with Gasteiger partial charge >= 0.3 is 0 Å². The first-order valence-electron chi connectivity index (χ1n) is 14.0. The van der Waals surface area contributed by atoms with Gasteiger partial charge in [0, 0.05) is 24.0 Å². The van der Waals surface area contributed by atoms with Crippen LogP contribution in [0.4, 0.5) is 5.69 Å². The Balaban J connectivity index is 1.32. The third-order valence-corrected chi connectivity index (χ3v) is 8.22. The summed E-state index contributed by atoms with van der Waals surface area (Å²) >= 11 is 0. The summed E-state index contributed by atoms with van der Waals surface area (Å²) in [5.41, 5.74) is 5.52. The lowest BCUT2D eigenvalue weighted by molar-refractivity contribution is -0.124. The summed E-state index contributed by atoms with van der Waals surface area (Å²) in [6.45, 7) is 0.641. The van der Waals surface area contributed by atoms with Crippen LogP contribution in [-0.2, 0) is 23.2 Å². The van der Waals surface area contributed by atoms with Gasteiger partial charge < -0.3 is 4.90 Å². The minimum Gasteiger partial charge on any atom is -0.308 e. The number of nitrogens with zero attached hydrogens (tertiary/aromatic N) is 3. The molecule has 0 saturated heterocycles. The zero-order valence-corrected chi connectivity index (χ0v) is 21.9. The summed E-state index contributed by atoms with van der Waals surface area (Å²) < 4.78 is 11.1. The van der Waals surface area contributed by atoms with Gasteiger partial charge in [0.15, 0.2) is 5.78 Å². The third kappa shape index (κ3) is 4.81. The standard InChI is InChI=1S/C33H33N3O2/c1-22(37)6-7-23-4-3-5-30(17-23)36(33(38)31-18-25-10-13-28(31)16-25)21-24-8-11-26(12-9-24)27-14-15-32-29(19-27)20-34-35(32)2/h3-9,11-12,14-15,17,19-20,25,28,31H,10,13,16,18,21H2,1-2H3/b7-6+/t25-,28+,31-/m1/s1/i21D/t21?,25-,28+,31-. The molecule has 1 unspecified atom stereocenters. The Kier molecular flexibility index (Phi) is 6.12. The van der Waals surface area contributed by atoms with Crippen molar-refractivity contribution < 1.29 is 11.0 Å². The molecule has 6 rings (SSSR count). The molecular weight excluding hydrogens is 470 g/mol. The van der Waals surface area contributed by atoms with Crippen molar-refractivity contribution in [2.75, 3.05) is 4.90 Å². The first-order valence-corrected chi connectivity index (χ1v) is 13.4. The third-order valence-electron chi connectivity index (χ3n) is 8.22. The molecule has 1 aromatic heterocycles. The van der Waals surface area contributed by atoms with Crippen molar-refractivity contribution in [3.05, 3.63) is 90.1 Å². The van der Waals surface area contributed by atoms with Crippen LogP contribution in [0.25, 0.3) is 28.1 Å². The Labute approximate surface area is 225 Å². The van der Waals surface area contributed by atoms with E-state index in [1.165, 1.54) is 19.4 Å². The van der Waals surface area contributed by atoms with E-state index in [1.54, 1.807) is 11.0 Å². The molecule has 4 aromatic rings. The fraction of sp³-hybridized carbons (Fsp3) is 0.303. The van der Waals surface area contributed by atoms with Crippen LogP contribution in [0, 0.1) is 17.8 Å². The number of anilines is 1. The molecule has 0 N–H and O–H groups in total. The predicted molar refractivity (Wildman–Crippen MR) is 152 cm³/mol. The van der Waals surface area contributed by atoms with Gasteiger partial charge in [-0.25, -0.2) is 0 Å². The second kappa shape index (κ2) is 10.1. The maximum atomic E-state index is 14.1. The maximum Gasteiger partial charge on any atom is 0.230 e. The fourth-order valence-corrected chi connectivity index (χ4v) is 6.24. The molecule has 5 heteroatoms. The zero-order valence-electron chi connectivity index (χ0n) is 22.9. The molecule has 2 aliphatic rings. The Hall–Kier alpha value is -3.99. The van der Waals surface area contributed by atoms with Gasteiger partial charge in [0.1, 0.15) is 0 Å².